The average molecular weight is 499 g/mol. The smallest absolute Gasteiger partial charge is 0.150 e. The van der Waals surface area contributed by atoms with Gasteiger partial charge in [0.2, 0.25) is 0 Å². The summed E-state index contributed by atoms with van der Waals surface area (Å²) in [5, 5.41) is 6.41. The number of hydrogen-bond donors (Lipinski definition) is 2. The van der Waals surface area contributed by atoms with Crippen LogP contribution in [-0.2, 0) is 0 Å². The van der Waals surface area contributed by atoms with Crippen molar-refractivity contribution in [3.8, 4) is 23.0 Å². The quantitative estimate of drug-likeness (QED) is 0.149. The molecule has 0 aromatic heterocycles. The molecule has 0 heterocycles. The fraction of sp³-hybridized carbons (Fsp3) is 0. The third-order valence-electron chi connectivity index (χ3n) is 5.41. The van der Waals surface area contributed by atoms with E-state index in [4.69, 9.17) is 9.47 Å². The molecule has 0 fully saturated rings. The predicted molar refractivity (Wildman–Crippen MR) is 156 cm³/mol. The SMILES string of the molecule is C(=Nc1ccccc1)Nc1ccccc1Oc1cccc(Oc2ccccc2NC=Nc2ccccc2)c1. The molecule has 2 N–H and O–H groups in total. The van der Waals surface area contributed by atoms with Crippen LogP contribution in [0.2, 0.25) is 0 Å². The van der Waals surface area contributed by atoms with Crippen molar-refractivity contribution in [3.63, 3.8) is 0 Å². The van der Waals surface area contributed by atoms with E-state index in [1.54, 1.807) is 12.7 Å². The van der Waals surface area contributed by atoms with Crippen molar-refractivity contribution in [3.05, 3.63) is 133 Å². The molecule has 0 saturated heterocycles. The number of nitrogens with one attached hydrogen (secondary N) is 2. The average Bonchev–Trinajstić information content (AvgIpc) is 2.96. The highest BCUT2D eigenvalue weighted by atomic mass is 16.5. The standard InChI is InChI=1S/C32H26N4O2/c1-3-12-25(13-4-1)33-23-35-29-18-7-9-20-31(29)37-27-16-11-17-28(22-27)38-32-21-10-8-19-30(32)36-24-34-26-14-5-2-6-15-26/h1-24H,(H,33,35)(H,34,36). The molecule has 6 nitrogen and oxygen atoms in total. The summed E-state index contributed by atoms with van der Waals surface area (Å²) in [5.41, 5.74) is 3.32. The summed E-state index contributed by atoms with van der Waals surface area (Å²) in [6, 6.07) is 42.4. The van der Waals surface area contributed by atoms with Crippen molar-refractivity contribution in [2.75, 3.05) is 10.6 Å². The maximum atomic E-state index is 6.19. The van der Waals surface area contributed by atoms with Gasteiger partial charge in [-0.1, -0.05) is 66.7 Å². The Bertz CT molecular complexity index is 1410. The highest BCUT2D eigenvalue weighted by Crippen LogP contribution is 2.34. The van der Waals surface area contributed by atoms with Crippen LogP contribution in [0.15, 0.2) is 143 Å². The minimum atomic E-state index is 0.646. The first-order valence-corrected chi connectivity index (χ1v) is 12.2. The number of anilines is 2. The zero-order chi connectivity index (χ0) is 25.8. The molecule has 0 aliphatic rings. The van der Waals surface area contributed by atoms with Crippen molar-refractivity contribution >= 4 is 35.4 Å². The van der Waals surface area contributed by atoms with Gasteiger partial charge in [0.05, 0.1) is 35.4 Å². The lowest BCUT2D eigenvalue weighted by molar-refractivity contribution is 0.462. The molecule has 6 heteroatoms. The molecule has 0 spiro atoms. The van der Waals surface area contributed by atoms with E-state index < -0.39 is 0 Å². The van der Waals surface area contributed by atoms with Crippen LogP contribution < -0.4 is 20.1 Å². The summed E-state index contributed by atoms with van der Waals surface area (Å²) in [6.07, 6.45) is 3.31. The normalized spacial score (nSPS) is 10.9. The molecule has 5 aromatic carbocycles. The second-order valence-corrected chi connectivity index (χ2v) is 8.15. The van der Waals surface area contributed by atoms with Crippen LogP contribution >= 0.6 is 0 Å². The van der Waals surface area contributed by atoms with Crippen LogP contribution in [0.5, 0.6) is 23.0 Å². The van der Waals surface area contributed by atoms with Crippen LogP contribution in [0.3, 0.4) is 0 Å². The van der Waals surface area contributed by atoms with Crippen LogP contribution in [0.4, 0.5) is 22.7 Å². The molecule has 5 rings (SSSR count). The third kappa shape index (κ3) is 6.86. The Morgan fingerprint density at radius 1 is 0.447 bits per heavy atom. The van der Waals surface area contributed by atoms with Crippen molar-refractivity contribution < 1.29 is 9.47 Å². The topological polar surface area (TPSA) is 67.2 Å². The zero-order valence-corrected chi connectivity index (χ0v) is 20.6. The predicted octanol–water partition coefficient (Wildman–Crippen LogP) is 8.82. The van der Waals surface area contributed by atoms with E-state index in [-0.39, 0.29) is 0 Å². The molecule has 0 aliphatic heterocycles. The second-order valence-electron chi connectivity index (χ2n) is 8.15. The van der Waals surface area contributed by atoms with Gasteiger partial charge >= 0.3 is 0 Å². The molecule has 0 bridgehead atoms. The Kier molecular flexibility index (Phi) is 8.04. The van der Waals surface area contributed by atoms with E-state index in [1.165, 1.54) is 0 Å². The van der Waals surface area contributed by atoms with Gasteiger partial charge in [0.25, 0.3) is 0 Å². The van der Waals surface area contributed by atoms with E-state index in [2.05, 4.69) is 20.6 Å². The molecule has 0 unspecified atom stereocenters. The maximum Gasteiger partial charge on any atom is 0.150 e. The number of rotatable bonds is 10. The highest BCUT2D eigenvalue weighted by Gasteiger charge is 2.07. The second kappa shape index (κ2) is 12.6. The van der Waals surface area contributed by atoms with Crippen LogP contribution in [0, 0.1) is 0 Å². The molecule has 0 saturated carbocycles. The van der Waals surface area contributed by atoms with Crippen LogP contribution in [0.25, 0.3) is 0 Å². The Morgan fingerprint density at radius 3 is 1.34 bits per heavy atom. The van der Waals surface area contributed by atoms with Crippen LogP contribution in [0.1, 0.15) is 0 Å². The lowest BCUT2D eigenvalue weighted by atomic mass is 10.2. The van der Waals surface area contributed by atoms with E-state index in [1.807, 2.05) is 133 Å². The molecular weight excluding hydrogens is 472 g/mol. The van der Waals surface area contributed by atoms with Gasteiger partial charge in [0, 0.05) is 6.07 Å². The summed E-state index contributed by atoms with van der Waals surface area (Å²) >= 11 is 0. The summed E-state index contributed by atoms with van der Waals surface area (Å²) in [5.74, 6) is 2.63. The molecule has 0 atom stereocenters. The molecule has 0 aliphatic carbocycles. The Morgan fingerprint density at radius 2 is 0.868 bits per heavy atom. The number of benzene rings is 5. The minimum Gasteiger partial charge on any atom is -0.455 e. The first kappa shape index (κ1) is 24.3. The molecular formula is C32H26N4O2. The van der Waals surface area contributed by atoms with Crippen molar-refractivity contribution in [2.45, 2.75) is 0 Å². The fourth-order valence-electron chi connectivity index (χ4n) is 3.59. The van der Waals surface area contributed by atoms with Gasteiger partial charge in [-0.25, -0.2) is 9.98 Å². The largest absolute Gasteiger partial charge is 0.455 e. The van der Waals surface area contributed by atoms with Gasteiger partial charge in [-0.15, -0.1) is 0 Å². The Labute approximate surface area is 222 Å². The Balaban J connectivity index is 1.26. The highest BCUT2D eigenvalue weighted by molar-refractivity contribution is 5.81. The van der Waals surface area contributed by atoms with E-state index in [0.717, 1.165) is 22.7 Å². The van der Waals surface area contributed by atoms with Gasteiger partial charge < -0.3 is 20.1 Å². The molecule has 0 radical (unpaired) electrons. The minimum absolute atomic E-state index is 0.646. The van der Waals surface area contributed by atoms with E-state index >= 15 is 0 Å². The van der Waals surface area contributed by atoms with E-state index in [9.17, 15) is 0 Å². The summed E-state index contributed by atoms with van der Waals surface area (Å²) < 4.78 is 12.4. The summed E-state index contributed by atoms with van der Waals surface area (Å²) in [7, 11) is 0. The number of hydrogen-bond acceptors (Lipinski definition) is 4. The first-order valence-electron chi connectivity index (χ1n) is 12.2. The fourth-order valence-corrected chi connectivity index (χ4v) is 3.59. The van der Waals surface area contributed by atoms with Gasteiger partial charge in [-0.05, 0) is 60.7 Å². The van der Waals surface area contributed by atoms with Gasteiger partial charge in [-0.3, -0.25) is 0 Å². The van der Waals surface area contributed by atoms with Gasteiger partial charge in [0.15, 0.2) is 11.5 Å². The van der Waals surface area contributed by atoms with Gasteiger partial charge in [0.1, 0.15) is 11.5 Å². The zero-order valence-electron chi connectivity index (χ0n) is 20.6. The number of ether oxygens (including phenoxy) is 2. The molecule has 186 valence electrons. The first-order chi connectivity index (χ1) is 18.8. The van der Waals surface area contributed by atoms with Crippen molar-refractivity contribution in [1.82, 2.24) is 0 Å². The third-order valence-corrected chi connectivity index (χ3v) is 5.41. The molecule has 38 heavy (non-hydrogen) atoms. The van der Waals surface area contributed by atoms with Crippen LogP contribution in [-0.4, -0.2) is 12.7 Å². The van der Waals surface area contributed by atoms with Gasteiger partial charge in [-0.2, -0.15) is 0 Å². The summed E-state index contributed by atoms with van der Waals surface area (Å²) in [6.45, 7) is 0. The Hall–Kier alpha value is -5.36. The number of nitrogens with zero attached hydrogens (tertiary/aromatic N) is 2. The molecule has 0 amide bonds. The summed E-state index contributed by atoms with van der Waals surface area (Å²) in [4.78, 5) is 8.86. The molecule has 5 aromatic rings. The van der Waals surface area contributed by atoms with Crippen molar-refractivity contribution in [1.29, 1.82) is 0 Å². The van der Waals surface area contributed by atoms with E-state index in [0.29, 0.717) is 23.0 Å². The lowest BCUT2D eigenvalue weighted by Gasteiger charge is -2.13. The monoisotopic (exact) mass is 498 g/mol. The number of aliphatic imine (C=N–C) groups is 2. The maximum absolute atomic E-state index is 6.19. The number of para-hydroxylation sites is 6. The van der Waals surface area contributed by atoms with Crippen molar-refractivity contribution in [2.24, 2.45) is 9.98 Å². The lowest BCUT2D eigenvalue weighted by Crippen LogP contribution is -1.98.